The topological polar surface area (TPSA) is 81.5 Å². The molecule has 21 heavy (non-hydrogen) atoms. The number of alkyl carbamates (subject to hydrolysis) is 1. The molecular weight excluding hydrogens is 272 g/mol. The third kappa shape index (κ3) is 3.71. The molecule has 1 N–H and O–H groups in total. The van der Waals surface area contributed by atoms with Crippen LogP contribution >= 0.6 is 0 Å². The highest BCUT2D eigenvalue weighted by Gasteiger charge is 2.28. The average molecular weight is 292 g/mol. The Morgan fingerprint density at radius 1 is 1.43 bits per heavy atom. The summed E-state index contributed by atoms with van der Waals surface area (Å²) in [5.74, 6) is 0. The number of nitrogens with zero attached hydrogens (tertiary/aromatic N) is 1. The molecule has 1 aliphatic rings. The van der Waals surface area contributed by atoms with Crippen molar-refractivity contribution >= 4 is 11.8 Å². The van der Waals surface area contributed by atoms with E-state index in [1.165, 1.54) is 6.07 Å². The first-order valence-corrected chi connectivity index (χ1v) is 7.03. The van der Waals surface area contributed by atoms with Crippen LogP contribution in [0, 0.1) is 10.1 Å². The minimum absolute atomic E-state index is 0.128. The summed E-state index contributed by atoms with van der Waals surface area (Å²) >= 11 is 0. The van der Waals surface area contributed by atoms with Gasteiger partial charge in [-0.3, -0.25) is 10.1 Å². The van der Waals surface area contributed by atoms with E-state index in [-0.39, 0.29) is 16.7 Å². The molecule has 0 fully saturated rings. The van der Waals surface area contributed by atoms with E-state index in [9.17, 15) is 14.9 Å². The summed E-state index contributed by atoms with van der Waals surface area (Å²) in [5.41, 5.74) is 1.10. The molecule has 0 saturated carbocycles. The van der Waals surface area contributed by atoms with Gasteiger partial charge in [0.2, 0.25) is 0 Å². The number of rotatable bonds is 2. The fraction of sp³-hybridized carbons (Fsp3) is 0.533. The van der Waals surface area contributed by atoms with Gasteiger partial charge in [0.05, 0.1) is 11.0 Å². The fourth-order valence-corrected chi connectivity index (χ4v) is 2.60. The lowest BCUT2D eigenvalue weighted by molar-refractivity contribution is -0.385. The monoisotopic (exact) mass is 292 g/mol. The molecule has 6 nitrogen and oxygen atoms in total. The van der Waals surface area contributed by atoms with Gasteiger partial charge in [-0.25, -0.2) is 4.79 Å². The maximum Gasteiger partial charge on any atom is 0.408 e. The summed E-state index contributed by atoms with van der Waals surface area (Å²) in [7, 11) is 0. The van der Waals surface area contributed by atoms with Gasteiger partial charge in [0.25, 0.3) is 5.69 Å². The molecule has 0 radical (unpaired) electrons. The van der Waals surface area contributed by atoms with Gasteiger partial charge in [0.1, 0.15) is 5.60 Å². The lowest BCUT2D eigenvalue weighted by atomic mass is 9.86. The van der Waals surface area contributed by atoms with Crippen LogP contribution in [-0.4, -0.2) is 16.6 Å². The zero-order valence-corrected chi connectivity index (χ0v) is 12.5. The Morgan fingerprint density at radius 2 is 2.14 bits per heavy atom. The molecular formula is C15H20N2O4. The van der Waals surface area contributed by atoms with Crippen molar-refractivity contribution in [2.45, 2.75) is 51.7 Å². The molecule has 0 spiro atoms. The van der Waals surface area contributed by atoms with Gasteiger partial charge < -0.3 is 10.1 Å². The molecule has 1 atom stereocenters. The van der Waals surface area contributed by atoms with Gasteiger partial charge in [-0.15, -0.1) is 0 Å². The van der Waals surface area contributed by atoms with Gasteiger partial charge in [0.15, 0.2) is 0 Å². The number of amides is 1. The first-order valence-electron chi connectivity index (χ1n) is 7.03. The van der Waals surface area contributed by atoms with E-state index in [0.717, 1.165) is 24.0 Å². The first kappa shape index (κ1) is 15.3. The highest BCUT2D eigenvalue weighted by molar-refractivity contribution is 5.69. The van der Waals surface area contributed by atoms with Gasteiger partial charge in [0, 0.05) is 11.6 Å². The molecule has 0 heterocycles. The Morgan fingerprint density at radius 3 is 2.76 bits per heavy atom. The summed E-state index contributed by atoms with van der Waals surface area (Å²) in [6, 6.07) is 4.77. The van der Waals surface area contributed by atoms with E-state index in [1.807, 2.05) is 6.07 Å². The highest BCUT2D eigenvalue weighted by Crippen LogP contribution is 2.35. The maximum absolute atomic E-state index is 11.9. The predicted octanol–water partition coefficient (Wildman–Crippen LogP) is 3.50. The molecule has 0 saturated heterocycles. The summed E-state index contributed by atoms with van der Waals surface area (Å²) in [4.78, 5) is 22.6. The number of ether oxygens (including phenoxy) is 1. The van der Waals surface area contributed by atoms with Crippen LogP contribution in [-0.2, 0) is 11.2 Å². The Bertz CT molecular complexity index is 563. The molecule has 1 aromatic rings. The fourth-order valence-electron chi connectivity index (χ4n) is 2.60. The Kier molecular flexibility index (Phi) is 4.16. The second kappa shape index (κ2) is 5.71. The smallest absolute Gasteiger partial charge is 0.408 e. The van der Waals surface area contributed by atoms with Crippen molar-refractivity contribution in [3.05, 3.63) is 39.4 Å². The number of carbonyl (C=O) groups is 1. The number of fused-ring (bicyclic) bond motifs is 1. The Hall–Kier alpha value is -2.11. The molecule has 1 aromatic carbocycles. The molecule has 0 bridgehead atoms. The van der Waals surface area contributed by atoms with Crippen molar-refractivity contribution in [1.29, 1.82) is 0 Å². The molecule has 2 rings (SSSR count). The van der Waals surface area contributed by atoms with Crippen LogP contribution in [0.5, 0.6) is 0 Å². The van der Waals surface area contributed by atoms with Crippen molar-refractivity contribution in [3.63, 3.8) is 0 Å². The number of hydrogen-bond donors (Lipinski definition) is 1. The lowest BCUT2D eigenvalue weighted by Crippen LogP contribution is -2.36. The first-order chi connectivity index (χ1) is 9.78. The second-order valence-electron chi connectivity index (χ2n) is 6.19. The number of hydrogen-bond acceptors (Lipinski definition) is 4. The molecule has 0 aliphatic heterocycles. The van der Waals surface area contributed by atoms with Gasteiger partial charge in [-0.1, -0.05) is 12.1 Å². The molecule has 1 unspecified atom stereocenters. The molecule has 0 aromatic heterocycles. The minimum Gasteiger partial charge on any atom is -0.444 e. The third-order valence-corrected chi connectivity index (χ3v) is 3.37. The van der Waals surface area contributed by atoms with E-state index < -0.39 is 11.7 Å². The van der Waals surface area contributed by atoms with Crippen LogP contribution in [0.4, 0.5) is 10.5 Å². The number of nitrogens with one attached hydrogen (secondary N) is 1. The normalized spacial score (nSPS) is 17.8. The molecule has 6 heteroatoms. The number of nitro groups is 1. The van der Waals surface area contributed by atoms with Crippen LogP contribution in [0.15, 0.2) is 18.2 Å². The highest BCUT2D eigenvalue weighted by atomic mass is 16.6. The van der Waals surface area contributed by atoms with Crippen molar-refractivity contribution in [2.75, 3.05) is 0 Å². The van der Waals surface area contributed by atoms with Crippen LogP contribution in [0.25, 0.3) is 0 Å². The molecule has 1 aliphatic carbocycles. The third-order valence-electron chi connectivity index (χ3n) is 3.37. The van der Waals surface area contributed by atoms with Crippen LogP contribution in [0.2, 0.25) is 0 Å². The minimum atomic E-state index is -0.565. The number of carbonyl (C=O) groups excluding carboxylic acids is 1. The van der Waals surface area contributed by atoms with Gasteiger partial charge >= 0.3 is 6.09 Å². The predicted molar refractivity (Wildman–Crippen MR) is 78.1 cm³/mol. The van der Waals surface area contributed by atoms with Crippen molar-refractivity contribution in [3.8, 4) is 0 Å². The van der Waals surface area contributed by atoms with Crippen molar-refractivity contribution < 1.29 is 14.5 Å². The average Bonchev–Trinajstić information content (AvgIpc) is 2.36. The summed E-state index contributed by atoms with van der Waals surface area (Å²) in [6.45, 7) is 5.39. The summed E-state index contributed by atoms with van der Waals surface area (Å²) < 4.78 is 5.25. The van der Waals surface area contributed by atoms with Crippen molar-refractivity contribution in [2.24, 2.45) is 0 Å². The van der Waals surface area contributed by atoms with E-state index in [2.05, 4.69) is 5.32 Å². The van der Waals surface area contributed by atoms with E-state index in [1.54, 1.807) is 26.8 Å². The standard InChI is InChI=1S/C15H20N2O4/c1-15(2,3)21-14(18)16-12-8-4-7-11-10(12)6-5-9-13(11)17(19)20/h5-6,9,12H,4,7-8H2,1-3H3,(H,16,18). The van der Waals surface area contributed by atoms with E-state index >= 15 is 0 Å². The van der Waals surface area contributed by atoms with Gasteiger partial charge in [-0.05, 0) is 45.6 Å². The van der Waals surface area contributed by atoms with E-state index in [0.29, 0.717) is 6.42 Å². The van der Waals surface area contributed by atoms with Crippen LogP contribution < -0.4 is 5.32 Å². The molecule has 1 amide bonds. The zero-order chi connectivity index (χ0) is 15.6. The zero-order valence-electron chi connectivity index (χ0n) is 12.5. The number of nitro benzene ring substituents is 1. The Balaban J connectivity index is 2.21. The Labute approximate surface area is 123 Å². The van der Waals surface area contributed by atoms with Crippen LogP contribution in [0.3, 0.4) is 0 Å². The number of benzene rings is 1. The maximum atomic E-state index is 11.9. The SMILES string of the molecule is CC(C)(C)OC(=O)NC1CCCc2c1cccc2[N+](=O)[O-]. The quantitative estimate of drug-likeness (QED) is 0.668. The lowest BCUT2D eigenvalue weighted by Gasteiger charge is -2.27. The largest absolute Gasteiger partial charge is 0.444 e. The van der Waals surface area contributed by atoms with Gasteiger partial charge in [-0.2, -0.15) is 0 Å². The van der Waals surface area contributed by atoms with Crippen molar-refractivity contribution in [1.82, 2.24) is 5.32 Å². The summed E-state index contributed by atoms with van der Waals surface area (Å²) in [6.07, 6.45) is 1.73. The van der Waals surface area contributed by atoms with E-state index in [4.69, 9.17) is 4.74 Å². The molecule has 114 valence electrons. The second-order valence-corrected chi connectivity index (χ2v) is 6.19. The van der Waals surface area contributed by atoms with Crippen LogP contribution in [0.1, 0.15) is 50.8 Å². The summed E-state index contributed by atoms with van der Waals surface area (Å²) in [5, 5.41) is 13.9.